The summed E-state index contributed by atoms with van der Waals surface area (Å²) in [6.07, 6.45) is 2.29. The van der Waals surface area contributed by atoms with Gasteiger partial charge in [0.1, 0.15) is 17.5 Å². The Hall–Kier alpha value is -3.02. The number of phenols is 1. The number of carbonyl (C=O) groups is 2. The van der Waals surface area contributed by atoms with E-state index >= 15 is 0 Å². The van der Waals surface area contributed by atoms with Gasteiger partial charge in [-0.2, -0.15) is 0 Å². The van der Waals surface area contributed by atoms with Crippen molar-refractivity contribution in [3.63, 3.8) is 0 Å². The highest BCUT2D eigenvalue weighted by Gasteiger charge is 2.22. The molecule has 144 valence electrons. The second-order valence-electron chi connectivity index (χ2n) is 6.15. The minimum atomic E-state index is -0.826. The summed E-state index contributed by atoms with van der Waals surface area (Å²) in [4.78, 5) is 24.5. The van der Waals surface area contributed by atoms with Gasteiger partial charge in [0.15, 0.2) is 0 Å². The quantitative estimate of drug-likeness (QED) is 0.523. The second kappa shape index (κ2) is 10.2. The van der Waals surface area contributed by atoms with Crippen LogP contribution in [-0.4, -0.2) is 36.7 Å². The molecule has 27 heavy (non-hydrogen) atoms. The summed E-state index contributed by atoms with van der Waals surface area (Å²) in [5, 5.41) is 12.1. The van der Waals surface area contributed by atoms with E-state index in [9.17, 15) is 14.7 Å². The topological polar surface area (TPSA) is 84.9 Å². The molecule has 1 amide bonds. The molecule has 0 saturated carbocycles. The van der Waals surface area contributed by atoms with E-state index in [-0.39, 0.29) is 18.1 Å². The molecule has 0 unspecified atom stereocenters. The molecule has 0 bridgehead atoms. The maximum Gasteiger partial charge on any atom is 0.328 e. The average molecular weight is 371 g/mol. The third-order valence-corrected chi connectivity index (χ3v) is 4.05. The van der Waals surface area contributed by atoms with Gasteiger partial charge in [-0.05, 0) is 48.4 Å². The van der Waals surface area contributed by atoms with Crippen molar-refractivity contribution < 1.29 is 24.2 Å². The zero-order chi connectivity index (χ0) is 19.6. The Labute approximate surface area is 159 Å². The monoisotopic (exact) mass is 371 g/mol. The fourth-order valence-corrected chi connectivity index (χ4v) is 2.48. The highest BCUT2D eigenvalue weighted by Crippen LogP contribution is 2.14. The summed E-state index contributed by atoms with van der Waals surface area (Å²) in [6.45, 7) is 2.73. The van der Waals surface area contributed by atoms with Crippen LogP contribution in [0.3, 0.4) is 0 Å². The zero-order valence-electron chi connectivity index (χ0n) is 15.6. The smallest absolute Gasteiger partial charge is 0.328 e. The van der Waals surface area contributed by atoms with Crippen LogP contribution in [0.4, 0.5) is 0 Å². The predicted molar refractivity (Wildman–Crippen MR) is 102 cm³/mol. The Morgan fingerprint density at radius 2 is 1.74 bits per heavy atom. The number of esters is 1. The number of unbranched alkanes of at least 4 members (excludes halogenated alkanes) is 1. The SMILES string of the molecule is CCCCOc1ccc(C(=O)N[C@@H](Cc2ccc(O)cc2)C(=O)OC)cc1. The molecule has 0 aromatic heterocycles. The lowest BCUT2D eigenvalue weighted by Crippen LogP contribution is -2.43. The Morgan fingerprint density at radius 1 is 1.07 bits per heavy atom. The first kappa shape index (κ1) is 20.3. The van der Waals surface area contributed by atoms with E-state index in [1.807, 2.05) is 0 Å². The van der Waals surface area contributed by atoms with Crippen LogP contribution in [-0.2, 0) is 16.0 Å². The number of rotatable bonds is 9. The average Bonchev–Trinajstić information content (AvgIpc) is 2.69. The number of phenolic OH excluding ortho intramolecular Hbond substituents is 1. The molecule has 0 aliphatic carbocycles. The van der Waals surface area contributed by atoms with Crippen molar-refractivity contribution >= 4 is 11.9 Å². The Kier molecular flexibility index (Phi) is 7.67. The molecule has 0 radical (unpaired) electrons. The van der Waals surface area contributed by atoms with E-state index in [1.54, 1.807) is 36.4 Å². The fourth-order valence-electron chi connectivity index (χ4n) is 2.48. The van der Waals surface area contributed by atoms with E-state index in [0.29, 0.717) is 17.9 Å². The fraction of sp³-hybridized carbons (Fsp3) is 0.333. The third-order valence-electron chi connectivity index (χ3n) is 4.05. The first-order valence-electron chi connectivity index (χ1n) is 8.93. The van der Waals surface area contributed by atoms with Crippen molar-refractivity contribution in [1.82, 2.24) is 5.32 Å². The number of ether oxygens (including phenoxy) is 2. The van der Waals surface area contributed by atoms with Gasteiger partial charge >= 0.3 is 5.97 Å². The number of benzene rings is 2. The Bertz CT molecular complexity index is 740. The van der Waals surface area contributed by atoms with E-state index in [1.165, 1.54) is 19.2 Å². The molecule has 6 heteroatoms. The van der Waals surface area contributed by atoms with Gasteiger partial charge in [-0.1, -0.05) is 25.5 Å². The van der Waals surface area contributed by atoms with Crippen LogP contribution in [0.25, 0.3) is 0 Å². The van der Waals surface area contributed by atoms with Gasteiger partial charge in [0.2, 0.25) is 0 Å². The van der Waals surface area contributed by atoms with Gasteiger partial charge in [-0.3, -0.25) is 4.79 Å². The summed E-state index contributed by atoms with van der Waals surface area (Å²) >= 11 is 0. The summed E-state index contributed by atoms with van der Waals surface area (Å²) in [5.41, 5.74) is 1.22. The van der Waals surface area contributed by atoms with E-state index in [0.717, 1.165) is 18.4 Å². The molecular weight excluding hydrogens is 346 g/mol. The van der Waals surface area contributed by atoms with Crippen LogP contribution >= 0.6 is 0 Å². The molecular formula is C21H25NO5. The van der Waals surface area contributed by atoms with Crippen LogP contribution in [0, 0.1) is 0 Å². The lowest BCUT2D eigenvalue weighted by molar-refractivity contribution is -0.142. The Balaban J connectivity index is 2.02. The standard InChI is InChI=1S/C21H25NO5/c1-3-4-13-27-18-11-7-16(8-12-18)20(24)22-19(21(25)26-2)14-15-5-9-17(23)10-6-15/h5-12,19,23H,3-4,13-14H2,1-2H3,(H,22,24)/t19-/m0/s1. The number of hydrogen-bond donors (Lipinski definition) is 2. The number of methoxy groups -OCH3 is 1. The van der Waals surface area contributed by atoms with Crippen molar-refractivity contribution in [2.24, 2.45) is 0 Å². The molecule has 0 spiro atoms. The predicted octanol–water partition coefficient (Wildman–Crippen LogP) is 3.09. The van der Waals surface area contributed by atoms with Gasteiger partial charge in [0.25, 0.3) is 5.91 Å². The number of aromatic hydroxyl groups is 1. The minimum Gasteiger partial charge on any atom is -0.508 e. The highest BCUT2D eigenvalue weighted by molar-refractivity contribution is 5.96. The van der Waals surface area contributed by atoms with Crippen molar-refractivity contribution in [2.45, 2.75) is 32.2 Å². The molecule has 1 atom stereocenters. The lowest BCUT2D eigenvalue weighted by atomic mass is 10.1. The third kappa shape index (κ3) is 6.33. The molecule has 0 heterocycles. The number of amides is 1. The van der Waals surface area contributed by atoms with Gasteiger partial charge in [0, 0.05) is 12.0 Å². The molecule has 0 aliphatic rings. The molecule has 0 fully saturated rings. The molecule has 0 aliphatic heterocycles. The van der Waals surface area contributed by atoms with Crippen LogP contribution in [0.5, 0.6) is 11.5 Å². The van der Waals surface area contributed by atoms with Crippen LogP contribution in [0.2, 0.25) is 0 Å². The van der Waals surface area contributed by atoms with Crippen molar-refractivity contribution in [1.29, 1.82) is 0 Å². The maximum atomic E-state index is 12.5. The van der Waals surface area contributed by atoms with Crippen LogP contribution < -0.4 is 10.1 Å². The number of carbonyl (C=O) groups excluding carboxylic acids is 2. The van der Waals surface area contributed by atoms with Gasteiger partial charge < -0.3 is 19.9 Å². The van der Waals surface area contributed by atoms with Crippen molar-refractivity contribution in [3.05, 3.63) is 59.7 Å². The molecule has 2 aromatic rings. The first-order valence-corrected chi connectivity index (χ1v) is 8.93. The highest BCUT2D eigenvalue weighted by atomic mass is 16.5. The largest absolute Gasteiger partial charge is 0.508 e. The molecule has 2 aromatic carbocycles. The van der Waals surface area contributed by atoms with E-state index in [2.05, 4.69) is 12.2 Å². The molecule has 0 saturated heterocycles. The van der Waals surface area contributed by atoms with Gasteiger partial charge in [-0.15, -0.1) is 0 Å². The summed E-state index contributed by atoms with van der Waals surface area (Å²) < 4.78 is 10.4. The summed E-state index contributed by atoms with van der Waals surface area (Å²) in [7, 11) is 1.28. The normalized spacial score (nSPS) is 11.5. The molecule has 2 N–H and O–H groups in total. The summed E-state index contributed by atoms with van der Waals surface area (Å²) in [6, 6.07) is 12.4. The van der Waals surface area contributed by atoms with Crippen LogP contribution in [0.1, 0.15) is 35.7 Å². The Morgan fingerprint density at radius 3 is 2.33 bits per heavy atom. The van der Waals surface area contributed by atoms with Gasteiger partial charge in [-0.25, -0.2) is 4.79 Å². The number of nitrogens with one attached hydrogen (secondary N) is 1. The lowest BCUT2D eigenvalue weighted by Gasteiger charge is -2.17. The number of hydrogen-bond acceptors (Lipinski definition) is 5. The second-order valence-corrected chi connectivity index (χ2v) is 6.15. The molecule has 2 rings (SSSR count). The maximum absolute atomic E-state index is 12.5. The molecule has 6 nitrogen and oxygen atoms in total. The zero-order valence-corrected chi connectivity index (χ0v) is 15.6. The van der Waals surface area contributed by atoms with Gasteiger partial charge in [0.05, 0.1) is 13.7 Å². The van der Waals surface area contributed by atoms with Crippen molar-refractivity contribution in [2.75, 3.05) is 13.7 Å². The first-order chi connectivity index (χ1) is 13.0. The van der Waals surface area contributed by atoms with E-state index in [4.69, 9.17) is 9.47 Å². The van der Waals surface area contributed by atoms with Crippen LogP contribution in [0.15, 0.2) is 48.5 Å². The van der Waals surface area contributed by atoms with E-state index < -0.39 is 12.0 Å². The minimum absolute atomic E-state index is 0.138. The summed E-state index contributed by atoms with van der Waals surface area (Å²) in [5.74, 6) is -0.0625. The van der Waals surface area contributed by atoms with Crippen molar-refractivity contribution in [3.8, 4) is 11.5 Å².